The van der Waals surface area contributed by atoms with Crippen molar-refractivity contribution in [2.24, 2.45) is 5.92 Å². The van der Waals surface area contributed by atoms with Crippen LogP contribution in [0.15, 0.2) is 72.9 Å². The summed E-state index contributed by atoms with van der Waals surface area (Å²) < 4.78 is 34.6. The largest absolute Gasteiger partial charge is 0.493 e. The molecule has 0 aliphatic carbocycles. The normalized spacial score (nSPS) is 20.5. The van der Waals surface area contributed by atoms with Crippen LogP contribution in [0.1, 0.15) is 67.6 Å². The number of methoxy groups -OCH3 is 1. The Morgan fingerprint density at radius 1 is 0.911 bits per heavy atom. The summed E-state index contributed by atoms with van der Waals surface area (Å²) in [6.45, 7) is 3.37. The fraction of sp³-hybridized carbons (Fsp3) is 0.429. The van der Waals surface area contributed by atoms with E-state index in [1.165, 1.54) is 26.3 Å². The molecule has 1 fully saturated rings. The Hall–Kier alpha value is -4.28. The van der Waals surface area contributed by atoms with E-state index in [1.807, 2.05) is 60.7 Å². The van der Waals surface area contributed by atoms with Gasteiger partial charge in [-0.2, -0.15) is 0 Å². The van der Waals surface area contributed by atoms with Crippen LogP contribution >= 0.6 is 0 Å². The summed E-state index contributed by atoms with van der Waals surface area (Å²) in [4.78, 5) is 42.5. The molecule has 0 N–H and O–H groups in total. The minimum atomic E-state index is -0.703. The maximum atomic E-state index is 13.6. The van der Waals surface area contributed by atoms with Crippen molar-refractivity contribution in [3.05, 3.63) is 89.7 Å². The molecule has 4 atom stereocenters. The standard InChI is InChI=1S/C35H41NO9/c1-24-33(42-22-27-14-8-5-9-15-27)31(41-21-26-12-6-4-7-13-26)17-11-10-16-28(35(39)45-24)20-29(38)32-34(44-23-43-25(2)37)30(40-3)18-19-36-32/h4-9,12-15,18-19,24,28,31,33H,10-11,16-17,20-23H2,1-3H3/t24-,28+,31-,33-/m0/s1. The highest BCUT2D eigenvalue weighted by Crippen LogP contribution is 2.32. The number of ketones is 1. The van der Waals surface area contributed by atoms with Crippen LogP contribution in [0, 0.1) is 5.92 Å². The van der Waals surface area contributed by atoms with E-state index in [0.29, 0.717) is 32.5 Å². The highest BCUT2D eigenvalue weighted by atomic mass is 16.7. The molecule has 0 saturated carbocycles. The van der Waals surface area contributed by atoms with Gasteiger partial charge in [0.05, 0.1) is 32.3 Å². The number of ether oxygens (including phenoxy) is 6. The maximum Gasteiger partial charge on any atom is 0.309 e. The first-order valence-electron chi connectivity index (χ1n) is 15.2. The third-order valence-electron chi connectivity index (χ3n) is 7.60. The number of hydrogen-bond donors (Lipinski definition) is 0. The molecule has 2 aromatic carbocycles. The number of benzene rings is 2. The first-order chi connectivity index (χ1) is 21.9. The van der Waals surface area contributed by atoms with Gasteiger partial charge in [-0.15, -0.1) is 0 Å². The summed E-state index contributed by atoms with van der Waals surface area (Å²) in [5, 5.41) is 0. The molecule has 3 aromatic rings. The predicted octanol–water partition coefficient (Wildman–Crippen LogP) is 5.86. The molecule has 10 heteroatoms. The van der Waals surface area contributed by atoms with E-state index in [-0.39, 0.29) is 29.7 Å². The lowest BCUT2D eigenvalue weighted by Gasteiger charge is -2.33. The predicted molar refractivity (Wildman–Crippen MR) is 165 cm³/mol. The number of hydrogen-bond acceptors (Lipinski definition) is 10. The van der Waals surface area contributed by atoms with Crippen molar-refractivity contribution in [2.75, 3.05) is 13.9 Å². The lowest BCUT2D eigenvalue weighted by Crippen LogP contribution is -2.43. The van der Waals surface area contributed by atoms with Crippen molar-refractivity contribution in [2.45, 2.75) is 77.5 Å². The molecule has 0 amide bonds. The molecule has 4 rings (SSSR count). The number of aromatic nitrogens is 1. The molecule has 240 valence electrons. The molecule has 1 aliphatic heterocycles. The van der Waals surface area contributed by atoms with Crippen molar-refractivity contribution in [1.82, 2.24) is 4.98 Å². The van der Waals surface area contributed by atoms with Gasteiger partial charge in [0.1, 0.15) is 12.2 Å². The molecule has 10 nitrogen and oxygen atoms in total. The third kappa shape index (κ3) is 10.1. The van der Waals surface area contributed by atoms with Gasteiger partial charge >= 0.3 is 11.9 Å². The molecule has 45 heavy (non-hydrogen) atoms. The fourth-order valence-corrected chi connectivity index (χ4v) is 5.24. The fourth-order valence-electron chi connectivity index (χ4n) is 5.24. The molecule has 1 aliphatic rings. The van der Waals surface area contributed by atoms with Gasteiger partial charge in [0.25, 0.3) is 0 Å². The molecular weight excluding hydrogens is 578 g/mol. The number of nitrogens with zero attached hydrogens (tertiary/aromatic N) is 1. The van der Waals surface area contributed by atoms with Crippen molar-refractivity contribution in [3.8, 4) is 11.5 Å². The van der Waals surface area contributed by atoms with Crippen LogP contribution in [0.2, 0.25) is 0 Å². The van der Waals surface area contributed by atoms with E-state index < -0.39 is 42.6 Å². The molecule has 2 heterocycles. The summed E-state index contributed by atoms with van der Waals surface area (Å²) in [6, 6.07) is 21.3. The minimum Gasteiger partial charge on any atom is -0.493 e. The summed E-state index contributed by atoms with van der Waals surface area (Å²) in [5.41, 5.74) is 2.02. The third-order valence-corrected chi connectivity index (χ3v) is 7.60. The minimum absolute atomic E-state index is 0.0158. The second-order valence-corrected chi connectivity index (χ2v) is 10.9. The van der Waals surface area contributed by atoms with Crippen molar-refractivity contribution < 1.29 is 42.8 Å². The van der Waals surface area contributed by atoms with Crippen molar-refractivity contribution in [3.63, 3.8) is 0 Å². The second kappa shape index (κ2) is 17.3. The zero-order valence-corrected chi connectivity index (χ0v) is 26.0. The van der Waals surface area contributed by atoms with Crippen molar-refractivity contribution in [1.29, 1.82) is 0 Å². The van der Waals surface area contributed by atoms with Crippen LogP contribution in [-0.4, -0.2) is 54.9 Å². The summed E-state index contributed by atoms with van der Waals surface area (Å²) in [5.74, 6) is -1.85. The van der Waals surface area contributed by atoms with Gasteiger partial charge in [0.2, 0.25) is 6.79 Å². The van der Waals surface area contributed by atoms with E-state index in [4.69, 9.17) is 28.4 Å². The zero-order chi connectivity index (χ0) is 32.0. The van der Waals surface area contributed by atoms with Gasteiger partial charge in [-0.3, -0.25) is 14.4 Å². The smallest absolute Gasteiger partial charge is 0.309 e. The molecule has 0 radical (unpaired) electrons. The SMILES string of the molecule is COc1ccnc(C(=O)C[C@H]2CCCC[C@H](OCc3ccccc3)[C@@H](OCc3ccccc3)[C@H](C)OC2=O)c1OCOC(C)=O. The number of carbonyl (C=O) groups is 3. The van der Waals surface area contributed by atoms with Gasteiger partial charge in [0, 0.05) is 25.6 Å². The Balaban J connectivity index is 1.49. The average Bonchev–Trinajstić information content (AvgIpc) is 3.04. The Morgan fingerprint density at radius 2 is 1.56 bits per heavy atom. The highest BCUT2D eigenvalue weighted by molar-refractivity contribution is 5.99. The Bertz CT molecular complexity index is 1380. The quantitative estimate of drug-likeness (QED) is 0.131. The van der Waals surface area contributed by atoms with E-state index in [1.54, 1.807) is 6.92 Å². The van der Waals surface area contributed by atoms with E-state index in [9.17, 15) is 14.4 Å². The second-order valence-electron chi connectivity index (χ2n) is 10.9. The lowest BCUT2D eigenvalue weighted by molar-refractivity contribution is -0.176. The van der Waals surface area contributed by atoms with E-state index in [2.05, 4.69) is 4.98 Å². The highest BCUT2D eigenvalue weighted by Gasteiger charge is 2.35. The lowest BCUT2D eigenvalue weighted by atomic mass is 9.92. The summed E-state index contributed by atoms with van der Waals surface area (Å²) >= 11 is 0. The molecular formula is C35H41NO9. The van der Waals surface area contributed by atoms with Gasteiger partial charge in [-0.25, -0.2) is 4.98 Å². The number of esters is 2. The molecule has 1 aromatic heterocycles. The summed E-state index contributed by atoms with van der Waals surface area (Å²) in [6.07, 6.45) is 2.38. The Kier molecular flexibility index (Phi) is 12.9. The van der Waals surface area contributed by atoms with Gasteiger partial charge < -0.3 is 28.4 Å². The van der Waals surface area contributed by atoms with Crippen molar-refractivity contribution >= 4 is 17.7 Å². The average molecular weight is 620 g/mol. The Labute approximate surface area is 263 Å². The van der Waals surface area contributed by atoms with Crippen LogP contribution in [0.5, 0.6) is 11.5 Å². The number of rotatable bonds is 13. The number of carbonyl (C=O) groups excluding carboxylic acids is 3. The molecule has 1 saturated heterocycles. The van der Waals surface area contributed by atoms with E-state index >= 15 is 0 Å². The maximum absolute atomic E-state index is 13.6. The number of Topliss-reactive ketones (excluding diaryl/α,β-unsaturated/α-hetero) is 1. The van der Waals surface area contributed by atoms with Gasteiger partial charge in [-0.05, 0) is 30.9 Å². The van der Waals surface area contributed by atoms with Crippen LogP contribution < -0.4 is 9.47 Å². The molecule has 0 bridgehead atoms. The topological polar surface area (TPSA) is 119 Å². The monoisotopic (exact) mass is 619 g/mol. The molecule has 0 spiro atoms. The van der Waals surface area contributed by atoms with Gasteiger partial charge in [-0.1, -0.05) is 73.5 Å². The number of cyclic esters (lactones) is 1. The summed E-state index contributed by atoms with van der Waals surface area (Å²) in [7, 11) is 1.43. The van der Waals surface area contributed by atoms with Gasteiger partial charge in [0.15, 0.2) is 23.0 Å². The Morgan fingerprint density at radius 3 is 2.20 bits per heavy atom. The van der Waals surface area contributed by atoms with Crippen LogP contribution in [0.4, 0.5) is 0 Å². The first-order valence-corrected chi connectivity index (χ1v) is 15.2. The zero-order valence-electron chi connectivity index (χ0n) is 26.0. The molecule has 0 unspecified atom stereocenters. The van der Waals surface area contributed by atoms with Crippen LogP contribution in [0.25, 0.3) is 0 Å². The van der Waals surface area contributed by atoms with Crippen LogP contribution in [-0.2, 0) is 41.8 Å². The van der Waals surface area contributed by atoms with E-state index in [0.717, 1.165) is 17.5 Å². The van der Waals surface area contributed by atoms with Crippen LogP contribution in [0.3, 0.4) is 0 Å². The number of pyridine rings is 1. The first kappa shape index (κ1) is 33.6.